The summed E-state index contributed by atoms with van der Waals surface area (Å²) in [5, 5.41) is 6.76. The van der Waals surface area contributed by atoms with Crippen LogP contribution in [-0.2, 0) is 4.79 Å². The van der Waals surface area contributed by atoms with Crippen molar-refractivity contribution in [2.24, 2.45) is 0 Å². The minimum atomic E-state index is 0. The first-order valence-electron chi connectivity index (χ1n) is 0.428. The van der Waals surface area contributed by atoms with E-state index in [1.165, 1.54) is 0 Å². The van der Waals surface area contributed by atoms with Gasteiger partial charge in [-0.3, -0.25) is 0 Å². The Balaban J connectivity index is 0. The largest absolute Gasteiger partial charge is 0.665 e. The van der Waals surface area contributed by atoms with E-state index in [-0.39, 0.29) is 41.3 Å². The van der Waals surface area contributed by atoms with E-state index in [4.69, 9.17) is 9.90 Å². The molecule has 1 N–H and O–H groups in total. The maximum absolute atomic E-state index is 8.24. The number of hydrogen-bond donors (Lipinski definition) is 1. The maximum Gasteiger partial charge on any atom is 0 e. The van der Waals surface area contributed by atoms with E-state index in [1.807, 2.05) is 0 Å². The van der Waals surface area contributed by atoms with Crippen LogP contribution in [0, 0.1) is 41.3 Å². The number of rotatable bonds is 0. The Kier molecular flexibility index (Phi) is 20.2. The second-order valence-corrected chi connectivity index (χ2v) is 0.0913. The van der Waals surface area contributed by atoms with Crippen LogP contribution in [0.25, 0.3) is 0 Å². The van der Waals surface area contributed by atoms with E-state index < -0.39 is 0 Å². The standard InChI is InChI=1S/CHO2.Pr/c2-1-3;/h(H,2,3);/q-1;. The fraction of sp³-hybridized carbons (Fsp3) is 0. The molecule has 0 unspecified atom stereocenters. The van der Waals surface area contributed by atoms with Gasteiger partial charge in [-0.15, -0.1) is 0 Å². The van der Waals surface area contributed by atoms with Crippen molar-refractivity contribution in [1.82, 2.24) is 0 Å². The molecule has 0 fully saturated rings. The smallest absolute Gasteiger partial charge is 0 e. The van der Waals surface area contributed by atoms with Gasteiger partial charge >= 0.3 is 0 Å². The van der Waals surface area contributed by atoms with Crippen LogP contribution in [0.1, 0.15) is 0 Å². The molecule has 0 aliphatic rings. The maximum atomic E-state index is 8.24. The van der Waals surface area contributed by atoms with Crippen molar-refractivity contribution in [1.29, 1.82) is 0 Å². The van der Waals surface area contributed by atoms with Crippen LogP contribution in [0.5, 0.6) is 0 Å². The van der Waals surface area contributed by atoms with Crippen LogP contribution < -0.4 is 0 Å². The molecular formula is CHO2Pr-. The SMILES string of the molecule is O=[C-]O.[Pr]. The first kappa shape index (κ1) is 8.85. The molecule has 0 atom stereocenters. The van der Waals surface area contributed by atoms with Crippen molar-refractivity contribution in [2.45, 2.75) is 0 Å². The molecule has 0 spiro atoms. The quantitative estimate of drug-likeness (QED) is 0.523. The average Bonchev–Trinajstić information content (AvgIpc) is 0.918. The molecule has 0 bridgehead atoms. The third kappa shape index (κ3) is 13.7. The van der Waals surface area contributed by atoms with Gasteiger partial charge in [0.1, 0.15) is 0 Å². The van der Waals surface area contributed by atoms with Crippen LogP contribution in [-0.4, -0.2) is 11.6 Å². The van der Waals surface area contributed by atoms with Gasteiger partial charge in [0.25, 0.3) is 0 Å². The minimum Gasteiger partial charge on any atom is -0.665 e. The van der Waals surface area contributed by atoms with Gasteiger partial charge in [-0.05, 0) is 0 Å². The molecule has 0 aromatic heterocycles. The third-order valence-electron chi connectivity index (χ3n) is 0. The molecule has 0 aliphatic carbocycles. The summed E-state index contributed by atoms with van der Waals surface area (Å²) in [6, 6.07) is 0. The van der Waals surface area contributed by atoms with Crippen molar-refractivity contribution < 1.29 is 51.2 Å². The Morgan fingerprint density at radius 3 is 1.75 bits per heavy atom. The van der Waals surface area contributed by atoms with E-state index in [0.29, 0.717) is 6.47 Å². The van der Waals surface area contributed by atoms with E-state index in [2.05, 4.69) is 0 Å². The zero-order valence-electron chi connectivity index (χ0n) is 1.93. The first-order chi connectivity index (χ1) is 1.41. The van der Waals surface area contributed by atoms with E-state index in [1.54, 1.807) is 0 Å². The van der Waals surface area contributed by atoms with Crippen LogP contribution in [0.2, 0.25) is 0 Å². The molecule has 0 aromatic carbocycles. The van der Waals surface area contributed by atoms with E-state index in [9.17, 15) is 0 Å². The summed E-state index contributed by atoms with van der Waals surface area (Å²) < 4.78 is 0. The summed E-state index contributed by atoms with van der Waals surface area (Å²) in [4.78, 5) is 8.24. The summed E-state index contributed by atoms with van der Waals surface area (Å²) in [5.74, 6) is 0. The summed E-state index contributed by atoms with van der Waals surface area (Å²) in [6.45, 7) is 0.500. The van der Waals surface area contributed by atoms with E-state index in [0.717, 1.165) is 0 Å². The fourth-order valence-electron chi connectivity index (χ4n) is 0. The number of aliphatic hydroxyl groups excluding tert-OH is 1. The van der Waals surface area contributed by atoms with Gasteiger partial charge in [0.2, 0.25) is 0 Å². The predicted octanol–water partition coefficient (Wildman–Crippen LogP) is -0.388. The molecule has 0 heterocycles. The Morgan fingerprint density at radius 1 is 1.75 bits per heavy atom. The van der Waals surface area contributed by atoms with Crippen molar-refractivity contribution in [3.05, 3.63) is 0 Å². The molecule has 2 nitrogen and oxygen atoms in total. The average molecular weight is 186 g/mol. The number of hydrogen-bond acceptors (Lipinski definition) is 1. The molecule has 0 saturated heterocycles. The Hall–Kier alpha value is 0.834. The third-order valence-corrected chi connectivity index (χ3v) is 0. The fourth-order valence-corrected chi connectivity index (χ4v) is 0. The molecule has 4 heavy (non-hydrogen) atoms. The van der Waals surface area contributed by atoms with Crippen LogP contribution >= 0.6 is 0 Å². The normalized spacial score (nSPS) is 3.00. The first-order valence-corrected chi connectivity index (χ1v) is 0.428. The summed E-state index contributed by atoms with van der Waals surface area (Å²) in [5.41, 5.74) is 0. The van der Waals surface area contributed by atoms with Gasteiger partial charge < -0.3 is 9.90 Å². The summed E-state index contributed by atoms with van der Waals surface area (Å²) >= 11 is 0. The van der Waals surface area contributed by atoms with Crippen LogP contribution in [0.15, 0.2) is 0 Å². The van der Waals surface area contributed by atoms with Crippen LogP contribution in [0.4, 0.5) is 0 Å². The summed E-state index contributed by atoms with van der Waals surface area (Å²) in [6.07, 6.45) is 0. The van der Waals surface area contributed by atoms with Gasteiger partial charge in [0.05, 0.1) is 0 Å². The molecule has 21 valence electrons. The Morgan fingerprint density at radius 2 is 1.75 bits per heavy atom. The second-order valence-electron chi connectivity index (χ2n) is 0.0913. The molecule has 0 rings (SSSR count). The van der Waals surface area contributed by atoms with Crippen molar-refractivity contribution in [3.63, 3.8) is 0 Å². The Labute approximate surface area is 57.1 Å². The minimum absolute atomic E-state index is 0. The molecular weight excluding hydrogens is 185 g/mol. The van der Waals surface area contributed by atoms with Gasteiger partial charge in [0.15, 0.2) is 0 Å². The zero-order chi connectivity index (χ0) is 2.71. The topological polar surface area (TPSA) is 37.3 Å². The van der Waals surface area contributed by atoms with Gasteiger partial charge in [-0.1, -0.05) is 6.47 Å². The van der Waals surface area contributed by atoms with Gasteiger partial charge in [-0.2, -0.15) is 0 Å². The molecule has 3 heteroatoms. The van der Waals surface area contributed by atoms with Crippen molar-refractivity contribution >= 4 is 6.47 Å². The Bertz CT molecular complexity index is 13.5. The molecule has 0 saturated carbocycles. The monoisotopic (exact) mass is 186 g/mol. The zero-order valence-corrected chi connectivity index (χ0v) is 5.64. The van der Waals surface area contributed by atoms with Crippen LogP contribution in [0.3, 0.4) is 0 Å². The van der Waals surface area contributed by atoms with E-state index >= 15 is 0 Å². The van der Waals surface area contributed by atoms with Crippen molar-refractivity contribution in [3.8, 4) is 0 Å². The van der Waals surface area contributed by atoms with Crippen molar-refractivity contribution in [2.75, 3.05) is 0 Å². The predicted molar refractivity (Wildman–Crippen MR) is 8.32 cm³/mol. The van der Waals surface area contributed by atoms with Gasteiger partial charge in [-0.25, -0.2) is 0 Å². The molecule has 1 radical (unpaired) electrons. The molecule has 0 aliphatic heterocycles. The summed E-state index contributed by atoms with van der Waals surface area (Å²) in [7, 11) is 0. The molecule has 0 amide bonds. The second kappa shape index (κ2) is 9.16. The van der Waals surface area contributed by atoms with Gasteiger partial charge in [0, 0.05) is 41.3 Å². The molecule has 0 aromatic rings.